The fourth-order valence-electron chi connectivity index (χ4n) is 2.71. The van der Waals surface area contributed by atoms with Crippen LogP contribution in [0.1, 0.15) is 24.1 Å². The third-order valence-corrected chi connectivity index (χ3v) is 3.83. The lowest BCUT2D eigenvalue weighted by Gasteiger charge is -2.19. The van der Waals surface area contributed by atoms with Gasteiger partial charge in [0.15, 0.2) is 0 Å². The Morgan fingerprint density at radius 2 is 1.17 bits per heavy atom. The quantitative estimate of drug-likeness (QED) is 0.751. The molecule has 0 saturated carbocycles. The van der Waals surface area contributed by atoms with Crippen LogP contribution >= 0.6 is 0 Å². The minimum Gasteiger partial charge on any atom is -0.345 e. The molecule has 0 aromatic heterocycles. The maximum Gasteiger partial charge on any atom is 0.217 e. The number of nitrogens with one attached hydrogen (secondary N) is 1. The van der Waals surface area contributed by atoms with Gasteiger partial charge in [0, 0.05) is 6.92 Å². The molecule has 1 amide bonds. The largest absolute Gasteiger partial charge is 0.345 e. The summed E-state index contributed by atoms with van der Waals surface area (Å²) >= 11 is 0. The van der Waals surface area contributed by atoms with Crippen molar-refractivity contribution in [3.8, 4) is 11.1 Å². The summed E-state index contributed by atoms with van der Waals surface area (Å²) < 4.78 is 0. The molecule has 3 aromatic rings. The van der Waals surface area contributed by atoms with Gasteiger partial charge in [-0.25, -0.2) is 0 Å². The van der Waals surface area contributed by atoms with E-state index in [1.54, 1.807) is 6.92 Å². The van der Waals surface area contributed by atoms with Crippen LogP contribution in [-0.4, -0.2) is 5.91 Å². The molecule has 2 heteroatoms. The average Bonchev–Trinajstić information content (AvgIpc) is 2.61. The van der Waals surface area contributed by atoms with Crippen molar-refractivity contribution < 1.29 is 4.79 Å². The molecular weight excluding hydrogens is 282 g/mol. The summed E-state index contributed by atoms with van der Waals surface area (Å²) in [5.74, 6) is -0.0361. The maximum absolute atomic E-state index is 11.6. The topological polar surface area (TPSA) is 29.1 Å². The zero-order valence-electron chi connectivity index (χ0n) is 13.1. The van der Waals surface area contributed by atoms with E-state index in [-0.39, 0.29) is 11.9 Å². The summed E-state index contributed by atoms with van der Waals surface area (Å²) in [5.41, 5.74) is 4.51. The minimum atomic E-state index is -0.126. The van der Waals surface area contributed by atoms with Crippen LogP contribution in [0.5, 0.6) is 0 Å². The smallest absolute Gasteiger partial charge is 0.217 e. The molecule has 0 radical (unpaired) electrons. The normalized spacial score (nSPS) is 11.7. The first-order chi connectivity index (χ1) is 11.2. The van der Waals surface area contributed by atoms with Gasteiger partial charge in [0.05, 0.1) is 6.04 Å². The Morgan fingerprint density at radius 3 is 1.74 bits per heavy atom. The van der Waals surface area contributed by atoms with Crippen molar-refractivity contribution >= 4 is 5.91 Å². The first-order valence-electron chi connectivity index (χ1n) is 7.71. The Balaban J connectivity index is 1.93. The van der Waals surface area contributed by atoms with Crippen LogP contribution in [0.15, 0.2) is 84.9 Å². The van der Waals surface area contributed by atoms with E-state index >= 15 is 0 Å². The van der Waals surface area contributed by atoms with Crippen molar-refractivity contribution in [1.82, 2.24) is 5.32 Å². The maximum atomic E-state index is 11.6. The van der Waals surface area contributed by atoms with Crippen molar-refractivity contribution in [3.05, 3.63) is 96.1 Å². The second-order valence-corrected chi connectivity index (χ2v) is 5.53. The number of amides is 1. The number of hydrogen-bond donors (Lipinski definition) is 1. The van der Waals surface area contributed by atoms with Crippen LogP contribution in [0.25, 0.3) is 11.1 Å². The molecule has 3 rings (SSSR count). The van der Waals surface area contributed by atoms with E-state index < -0.39 is 0 Å². The number of carbonyl (C=O) groups excluding carboxylic acids is 1. The van der Waals surface area contributed by atoms with Gasteiger partial charge in [-0.15, -0.1) is 0 Å². The Bertz CT molecular complexity index is 764. The van der Waals surface area contributed by atoms with Crippen molar-refractivity contribution in [3.63, 3.8) is 0 Å². The molecule has 0 fully saturated rings. The predicted octanol–water partition coefficient (Wildman–Crippen LogP) is 4.58. The fourth-order valence-corrected chi connectivity index (χ4v) is 2.71. The van der Waals surface area contributed by atoms with Gasteiger partial charge in [0.2, 0.25) is 5.91 Å². The summed E-state index contributed by atoms with van der Waals surface area (Å²) in [4.78, 5) is 11.6. The van der Waals surface area contributed by atoms with Gasteiger partial charge >= 0.3 is 0 Å². The summed E-state index contributed by atoms with van der Waals surface area (Å²) in [5, 5.41) is 3.03. The lowest BCUT2D eigenvalue weighted by Crippen LogP contribution is -2.26. The van der Waals surface area contributed by atoms with Crippen molar-refractivity contribution in [1.29, 1.82) is 0 Å². The summed E-state index contributed by atoms with van der Waals surface area (Å²) in [6.45, 7) is 1.55. The van der Waals surface area contributed by atoms with Gasteiger partial charge < -0.3 is 5.32 Å². The second kappa shape index (κ2) is 6.93. The molecule has 1 atom stereocenters. The van der Waals surface area contributed by atoms with Gasteiger partial charge in [0.25, 0.3) is 0 Å². The van der Waals surface area contributed by atoms with Gasteiger partial charge in [-0.3, -0.25) is 4.79 Å². The van der Waals surface area contributed by atoms with Crippen LogP contribution in [0.2, 0.25) is 0 Å². The highest BCUT2D eigenvalue weighted by atomic mass is 16.1. The van der Waals surface area contributed by atoms with E-state index in [1.165, 1.54) is 11.1 Å². The first-order valence-corrected chi connectivity index (χ1v) is 7.71. The molecule has 0 saturated heterocycles. The molecule has 0 heterocycles. The molecular formula is C21H19NO. The van der Waals surface area contributed by atoms with Crippen molar-refractivity contribution in [2.75, 3.05) is 0 Å². The molecule has 23 heavy (non-hydrogen) atoms. The number of carbonyl (C=O) groups is 1. The molecule has 2 nitrogen and oxygen atoms in total. The van der Waals surface area contributed by atoms with Crippen LogP contribution in [0, 0.1) is 0 Å². The van der Waals surface area contributed by atoms with Gasteiger partial charge in [0.1, 0.15) is 0 Å². The lowest BCUT2D eigenvalue weighted by molar-refractivity contribution is -0.119. The van der Waals surface area contributed by atoms with E-state index in [0.717, 1.165) is 11.1 Å². The van der Waals surface area contributed by atoms with Gasteiger partial charge in [-0.1, -0.05) is 84.9 Å². The van der Waals surface area contributed by atoms with Crippen LogP contribution < -0.4 is 5.32 Å². The van der Waals surface area contributed by atoms with Crippen molar-refractivity contribution in [2.24, 2.45) is 0 Å². The molecule has 0 aliphatic rings. The number of rotatable bonds is 4. The van der Waals surface area contributed by atoms with Crippen LogP contribution in [0.3, 0.4) is 0 Å². The molecule has 1 N–H and O–H groups in total. The summed E-state index contributed by atoms with van der Waals surface area (Å²) in [6, 6.07) is 28.5. The number of benzene rings is 3. The Kier molecular flexibility index (Phi) is 4.53. The zero-order valence-corrected chi connectivity index (χ0v) is 13.1. The highest BCUT2D eigenvalue weighted by Gasteiger charge is 2.14. The molecule has 0 bridgehead atoms. The van der Waals surface area contributed by atoms with E-state index in [4.69, 9.17) is 0 Å². The Morgan fingerprint density at radius 1 is 0.696 bits per heavy atom. The average molecular weight is 301 g/mol. The SMILES string of the molecule is CC(=O)NC(c1ccccc1)c1ccc(-c2ccccc2)cc1. The molecule has 0 spiro atoms. The molecule has 1 unspecified atom stereocenters. The molecule has 114 valence electrons. The monoisotopic (exact) mass is 301 g/mol. The van der Waals surface area contributed by atoms with E-state index in [0.29, 0.717) is 0 Å². The molecule has 3 aromatic carbocycles. The first kappa shape index (κ1) is 15.0. The number of hydrogen-bond acceptors (Lipinski definition) is 1. The van der Waals surface area contributed by atoms with Gasteiger partial charge in [-0.05, 0) is 22.3 Å². The summed E-state index contributed by atoms with van der Waals surface area (Å²) in [7, 11) is 0. The Labute approximate surface area is 136 Å². The highest BCUT2D eigenvalue weighted by Crippen LogP contribution is 2.25. The third kappa shape index (κ3) is 3.67. The molecule has 0 aliphatic heterocycles. The standard InChI is InChI=1S/C21H19NO/c1-16(23)22-21(19-10-6-3-7-11-19)20-14-12-18(13-15-20)17-8-4-2-5-9-17/h2-15,21H,1H3,(H,22,23). The highest BCUT2D eigenvalue weighted by molar-refractivity contribution is 5.74. The lowest BCUT2D eigenvalue weighted by atomic mass is 9.96. The van der Waals surface area contributed by atoms with Crippen molar-refractivity contribution in [2.45, 2.75) is 13.0 Å². The van der Waals surface area contributed by atoms with E-state index in [9.17, 15) is 4.79 Å². The fraction of sp³-hybridized carbons (Fsp3) is 0.0952. The predicted molar refractivity (Wildman–Crippen MR) is 94.0 cm³/mol. The van der Waals surface area contributed by atoms with Crippen LogP contribution in [-0.2, 0) is 4.79 Å². The zero-order chi connectivity index (χ0) is 16.1. The van der Waals surface area contributed by atoms with E-state index in [1.807, 2.05) is 48.5 Å². The minimum absolute atomic E-state index is 0.0361. The summed E-state index contributed by atoms with van der Waals surface area (Å²) in [6.07, 6.45) is 0. The Hall–Kier alpha value is -2.87. The van der Waals surface area contributed by atoms with Crippen LogP contribution in [0.4, 0.5) is 0 Å². The third-order valence-electron chi connectivity index (χ3n) is 3.83. The second-order valence-electron chi connectivity index (χ2n) is 5.53. The van der Waals surface area contributed by atoms with Gasteiger partial charge in [-0.2, -0.15) is 0 Å². The van der Waals surface area contributed by atoms with E-state index in [2.05, 4.69) is 41.7 Å². The molecule has 0 aliphatic carbocycles.